The molecule has 0 saturated carbocycles. The van der Waals surface area contributed by atoms with Gasteiger partial charge in [-0.25, -0.2) is 25.0 Å². The van der Waals surface area contributed by atoms with Crippen LogP contribution in [0.5, 0.6) is 0 Å². The Hall–Kier alpha value is -1.70. The van der Waals surface area contributed by atoms with Gasteiger partial charge < -0.3 is 35.6 Å². The first-order valence-electron chi connectivity index (χ1n) is 7.35. The third kappa shape index (κ3) is 4.16. The SMILES string of the molecule is CC(O)[C@H]1O[C@@H](n2cnc3c(N)ncnc32)[C@](C)(O)[C@@H]1O.NP(=O)(O)O. The lowest BCUT2D eigenvalue weighted by Gasteiger charge is -2.27. The molecule has 9 N–H and O–H groups in total. The van der Waals surface area contributed by atoms with E-state index in [9.17, 15) is 15.3 Å². The molecule has 3 heterocycles. The third-order valence-electron chi connectivity index (χ3n) is 3.81. The largest absolute Gasteiger partial charge is 0.397 e. The average Bonchev–Trinajstić information content (AvgIpc) is 2.99. The number of ether oxygens (including phenoxy) is 1. The molecule has 0 bridgehead atoms. The Balaban J connectivity index is 0.000000431. The highest BCUT2D eigenvalue weighted by Gasteiger charge is 2.54. The summed E-state index contributed by atoms with van der Waals surface area (Å²) in [6, 6.07) is 0. The van der Waals surface area contributed by atoms with E-state index in [0.29, 0.717) is 11.2 Å². The van der Waals surface area contributed by atoms with Crippen LogP contribution >= 0.6 is 7.75 Å². The highest BCUT2D eigenvalue weighted by molar-refractivity contribution is 7.49. The maximum Gasteiger partial charge on any atom is 0.397 e. The predicted octanol–water partition coefficient (Wildman–Crippen LogP) is -2.16. The number of aliphatic hydroxyl groups excluding tert-OH is 2. The number of aliphatic hydroxyl groups is 3. The number of rotatable bonds is 2. The zero-order valence-corrected chi connectivity index (χ0v) is 14.8. The molecular formula is C12H21N6O7P. The first-order valence-corrected chi connectivity index (χ1v) is 9.03. The third-order valence-corrected chi connectivity index (χ3v) is 3.81. The molecule has 1 aliphatic rings. The molecule has 3 rings (SSSR count). The van der Waals surface area contributed by atoms with Gasteiger partial charge in [0.2, 0.25) is 0 Å². The second-order valence-corrected chi connectivity index (χ2v) is 7.21. The minimum Gasteiger partial charge on any atom is -0.391 e. The van der Waals surface area contributed by atoms with Crippen LogP contribution in [0.3, 0.4) is 0 Å². The molecule has 0 spiro atoms. The van der Waals surface area contributed by atoms with Crippen LogP contribution in [0.4, 0.5) is 5.82 Å². The van der Waals surface area contributed by atoms with Crippen LogP contribution in [-0.2, 0) is 9.30 Å². The Labute approximate surface area is 147 Å². The molecular weight excluding hydrogens is 371 g/mol. The van der Waals surface area contributed by atoms with E-state index in [1.54, 1.807) is 0 Å². The highest BCUT2D eigenvalue weighted by atomic mass is 31.2. The van der Waals surface area contributed by atoms with Gasteiger partial charge in [-0.15, -0.1) is 0 Å². The Morgan fingerprint density at radius 1 is 1.38 bits per heavy atom. The van der Waals surface area contributed by atoms with Gasteiger partial charge in [0, 0.05) is 0 Å². The van der Waals surface area contributed by atoms with E-state index in [1.807, 2.05) is 0 Å². The quantitative estimate of drug-likeness (QED) is 0.271. The van der Waals surface area contributed by atoms with E-state index in [-0.39, 0.29) is 5.82 Å². The van der Waals surface area contributed by atoms with Crippen LogP contribution in [0.25, 0.3) is 11.2 Å². The van der Waals surface area contributed by atoms with E-state index < -0.39 is 37.9 Å². The minimum absolute atomic E-state index is 0.212. The van der Waals surface area contributed by atoms with Crippen molar-refractivity contribution in [2.45, 2.75) is 44.0 Å². The maximum atomic E-state index is 10.5. The topological polar surface area (TPSA) is 223 Å². The molecule has 2 aromatic heterocycles. The molecule has 13 nitrogen and oxygen atoms in total. The summed E-state index contributed by atoms with van der Waals surface area (Å²) in [5.41, 5.74) is 8.89. The molecule has 0 radical (unpaired) electrons. The first-order chi connectivity index (χ1) is 11.8. The van der Waals surface area contributed by atoms with E-state index in [0.717, 1.165) is 0 Å². The Morgan fingerprint density at radius 2 is 1.96 bits per heavy atom. The van der Waals surface area contributed by atoms with Gasteiger partial charge in [0.05, 0.1) is 12.4 Å². The number of anilines is 1. The average molecular weight is 392 g/mol. The highest BCUT2D eigenvalue weighted by Crippen LogP contribution is 2.40. The monoisotopic (exact) mass is 392 g/mol. The first kappa shape index (κ1) is 20.6. The number of nitrogen functional groups attached to an aromatic ring is 1. The van der Waals surface area contributed by atoms with E-state index >= 15 is 0 Å². The van der Waals surface area contributed by atoms with Crippen LogP contribution in [0.15, 0.2) is 12.7 Å². The zero-order valence-electron chi connectivity index (χ0n) is 13.9. The fraction of sp³-hybridized carbons (Fsp3) is 0.583. The lowest BCUT2D eigenvalue weighted by molar-refractivity contribution is -0.0987. The van der Waals surface area contributed by atoms with Crippen molar-refractivity contribution in [3.05, 3.63) is 12.7 Å². The normalized spacial score (nSPS) is 30.1. The Morgan fingerprint density at radius 3 is 2.46 bits per heavy atom. The molecule has 1 saturated heterocycles. The van der Waals surface area contributed by atoms with Crippen molar-refractivity contribution in [1.29, 1.82) is 0 Å². The summed E-state index contributed by atoms with van der Waals surface area (Å²) < 4.78 is 16.2. The van der Waals surface area contributed by atoms with Crippen LogP contribution < -0.4 is 11.2 Å². The second kappa shape index (κ2) is 7.13. The molecule has 5 atom stereocenters. The summed E-state index contributed by atoms with van der Waals surface area (Å²) in [6.45, 7) is 2.92. The number of hydrogen-bond donors (Lipinski definition) is 7. The molecule has 14 heteroatoms. The molecule has 0 amide bonds. The van der Waals surface area contributed by atoms with Crippen LogP contribution in [0.1, 0.15) is 20.1 Å². The van der Waals surface area contributed by atoms with Gasteiger partial charge in [-0.2, -0.15) is 0 Å². The van der Waals surface area contributed by atoms with Gasteiger partial charge in [-0.05, 0) is 13.8 Å². The molecule has 146 valence electrons. The number of fused-ring (bicyclic) bond motifs is 1. The van der Waals surface area contributed by atoms with Gasteiger partial charge in [0.25, 0.3) is 0 Å². The van der Waals surface area contributed by atoms with Crippen molar-refractivity contribution in [1.82, 2.24) is 19.5 Å². The maximum absolute atomic E-state index is 10.5. The summed E-state index contributed by atoms with van der Waals surface area (Å²) in [4.78, 5) is 26.8. The lowest BCUT2D eigenvalue weighted by atomic mass is 9.94. The fourth-order valence-electron chi connectivity index (χ4n) is 2.61. The molecule has 1 fully saturated rings. The van der Waals surface area contributed by atoms with Crippen molar-refractivity contribution in [3.63, 3.8) is 0 Å². The van der Waals surface area contributed by atoms with Gasteiger partial charge >= 0.3 is 7.75 Å². The van der Waals surface area contributed by atoms with E-state index in [2.05, 4.69) is 20.5 Å². The van der Waals surface area contributed by atoms with Crippen molar-refractivity contribution in [2.75, 3.05) is 5.73 Å². The van der Waals surface area contributed by atoms with Crippen LogP contribution in [0, 0.1) is 0 Å². The summed E-state index contributed by atoms with van der Waals surface area (Å²) >= 11 is 0. The van der Waals surface area contributed by atoms with Crippen molar-refractivity contribution < 1.29 is 34.4 Å². The summed E-state index contributed by atoms with van der Waals surface area (Å²) in [6.07, 6.45) is -1.37. The standard InChI is InChI=1S/C12H17N5O4.H4NO3P/c1-5(18)7-8(19)12(2,20)11(21-7)17-4-16-6-9(13)14-3-15-10(6)17;1-5(2,3)4/h3-5,7-8,11,18-20H,1-2H3,(H2,13,14,15);(H4,1,2,3,4)/t5?,7-,8-,11-,12-;/m1./s1. The fourth-order valence-corrected chi connectivity index (χ4v) is 2.61. The Bertz CT molecular complexity index is 813. The number of aromatic nitrogens is 4. The number of nitrogens with zero attached hydrogens (tertiary/aromatic N) is 4. The smallest absolute Gasteiger partial charge is 0.391 e. The number of imidazole rings is 1. The van der Waals surface area contributed by atoms with Crippen LogP contribution in [0.2, 0.25) is 0 Å². The van der Waals surface area contributed by atoms with Crippen molar-refractivity contribution >= 4 is 24.7 Å². The lowest BCUT2D eigenvalue weighted by Crippen LogP contribution is -2.45. The van der Waals surface area contributed by atoms with E-state index in [1.165, 1.54) is 31.1 Å². The van der Waals surface area contributed by atoms with Crippen molar-refractivity contribution in [2.24, 2.45) is 5.50 Å². The van der Waals surface area contributed by atoms with Gasteiger partial charge in [0.15, 0.2) is 17.7 Å². The molecule has 1 unspecified atom stereocenters. The Kier molecular flexibility index (Phi) is 5.66. The molecule has 0 aliphatic carbocycles. The zero-order chi connectivity index (χ0) is 19.9. The van der Waals surface area contributed by atoms with Gasteiger partial charge in [-0.3, -0.25) is 4.57 Å². The molecule has 26 heavy (non-hydrogen) atoms. The van der Waals surface area contributed by atoms with Gasteiger partial charge in [0.1, 0.15) is 29.7 Å². The number of hydrogen-bond acceptors (Lipinski definition) is 9. The molecule has 2 aromatic rings. The van der Waals surface area contributed by atoms with Gasteiger partial charge in [-0.1, -0.05) is 0 Å². The molecule has 0 aromatic carbocycles. The summed E-state index contributed by atoms with van der Waals surface area (Å²) in [7, 11) is -4.14. The van der Waals surface area contributed by atoms with E-state index in [4.69, 9.17) is 24.8 Å². The summed E-state index contributed by atoms with van der Waals surface area (Å²) in [5, 5.41) is 30.4. The second-order valence-electron chi connectivity index (χ2n) is 6.04. The minimum atomic E-state index is -4.14. The predicted molar refractivity (Wildman–Crippen MR) is 88.2 cm³/mol. The summed E-state index contributed by atoms with van der Waals surface area (Å²) in [5.74, 6) is 0.212. The number of nitrogens with two attached hydrogens (primary N) is 2. The molecule has 1 aliphatic heterocycles. The van der Waals surface area contributed by atoms with Crippen molar-refractivity contribution in [3.8, 4) is 0 Å². The van der Waals surface area contributed by atoms with Crippen LogP contribution in [-0.4, -0.2) is 68.5 Å².